The molecule has 102 valence electrons. The van der Waals surface area contributed by atoms with Crippen molar-refractivity contribution in [1.29, 1.82) is 0 Å². The van der Waals surface area contributed by atoms with Gasteiger partial charge < -0.3 is 9.88 Å². The number of aromatic amines is 1. The van der Waals surface area contributed by atoms with Crippen LogP contribution < -0.4 is 0 Å². The first-order chi connectivity index (χ1) is 9.83. The van der Waals surface area contributed by atoms with Crippen LogP contribution in [0.2, 0.25) is 0 Å². The number of rotatable bonds is 5. The fourth-order valence-electron chi connectivity index (χ4n) is 2.50. The van der Waals surface area contributed by atoms with Gasteiger partial charge in [-0.3, -0.25) is 4.98 Å². The van der Waals surface area contributed by atoms with Gasteiger partial charge in [-0.2, -0.15) is 0 Å². The van der Waals surface area contributed by atoms with Crippen LogP contribution in [-0.2, 0) is 13.0 Å². The molecule has 0 saturated heterocycles. The summed E-state index contributed by atoms with van der Waals surface area (Å²) < 4.78 is 0. The highest BCUT2D eigenvalue weighted by Crippen LogP contribution is 2.18. The van der Waals surface area contributed by atoms with E-state index in [4.69, 9.17) is 0 Å². The van der Waals surface area contributed by atoms with Crippen LogP contribution in [0.15, 0.2) is 54.9 Å². The smallest absolute Gasteiger partial charge is 0.0543 e. The molecule has 1 N–H and O–H groups in total. The normalized spacial score (nSPS) is 11.3. The largest absolute Gasteiger partial charge is 0.361 e. The summed E-state index contributed by atoms with van der Waals surface area (Å²) in [4.78, 5) is 10.0. The molecule has 0 aliphatic carbocycles. The molecule has 0 radical (unpaired) electrons. The maximum atomic E-state index is 4.37. The number of para-hydroxylation sites is 1. The van der Waals surface area contributed by atoms with Gasteiger partial charge in [0.25, 0.3) is 0 Å². The van der Waals surface area contributed by atoms with Crippen LogP contribution in [0.5, 0.6) is 0 Å². The van der Waals surface area contributed by atoms with Gasteiger partial charge in [-0.1, -0.05) is 24.3 Å². The minimum Gasteiger partial charge on any atom is -0.361 e. The van der Waals surface area contributed by atoms with Crippen molar-refractivity contribution in [3.8, 4) is 0 Å². The molecule has 0 amide bonds. The van der Waals surface area contributed by atoms with Crippen molar-refractivity contribution in [3.05, 3.63) is 66.1 Å². The molecule has 0 bridgehead atoms. The van der Waals surface area contributed by atoms with E-state index in [1.807, 2.05) is 18.3 Å². The maximum Gasteiger partial charge on any atom is 0.0543 e. The molecule has 0 fully saturated rings. The Morgan fingerprint density at radius 3 is 2.80 bits per heavy atom. The van der Waals surface area contributed by atoms with Gasteiger partial charge in [0.15, 0.2) is 0 Å². The second-order valence-corrected chi connectivity index (χ2v) is 5.17. The van der Waals surface area contributed by atoms with Gasteiger partial charge in [-0.25, -0.2) is 0 Å². The standard InChI is InChI=1S/C17H19N3/c1-20(13-15-6-4-5-10-18-15)11-9-14-12-19-17-8-3-2-7-16(14)17/h2-8,10,12,19H,9,11,13H2,1H3. The van der Waals surface area contributed by atoms with Gasteiger partial charge in [-0.15, -0.1) is 0 Å². The molecule has 3 aromatic rings. The van der Waals surface area contributed by atoms with E-state index >= 15 is 0 Å². The average Bonchev–Trinajstić information content (AvgIpc) is 2.89. The second kappa shape index (κ2) is 5.88. The third-order valence-electron chi connectivity index (χ3n) is 3.60. The third-order valence-corrected chi connectivity index (χ3v) is 3.60. The molecule has 3 rings (SSSR count). The van der Waals surface area contributed by atoms with E-state index in [1.165, 1.54) is 16.5 Å². The van der Waals surface area contributed by atoms with Crippen molar-refractivity contribution in [2.45, 2.75) is 13.0 Å². The number of nitrogens with zero attached hydrogens (tertiary/aromatic N) is 2. The zero-order valence-corrected chi connectivity index (χ0v) is 11.7. The number of pyridine rings is 1. The Morgan fingerprint density at radius 1 is 1.10 bits per heavy atom. The summed E-state index contributed by atoms with van der Waals surface area (Å²) in [5.41, 5.74) is 3.72. The highest BCUT2D eigenvalue weighted by atomic mass is 15.1. The average molecular weight is 265 g/mol. The summed E-state index contributed by atoms with van der Waals surface area (Å²) in [5.74, 6) is 0. The maximum absolute atomic E-state index is 4.37. The summed E-state index contributed by atoms with van der Waals surface area (Å²) in [7, 11) is 2.14. The van der Waals surface area contributed by atoms with E-state index in [0.29, 0.717) is 0 Å². The van der Waals surface area contributed by atoms with E-state index in [0.717, 1.165) is 25.2 Å². The fraction of sp³-hybridized carbons (Fsp3) is 0.235. The van der Waals surface area contributed by atoms with E-state index in [-0.39, 0.29) is 0 Å². The number of fused-ring (bicyclic) bond motifs is 1. The van der Waals surface area contributed by atoms with E-state index < -0.39 is 0 Å². The first-order valence-corrected chi connectivity index (χ1v) is 6.96. The topological polar surface area (TPSA) is 31.9 Å². The monoisotopic (exact) mass is 265 g/mol. The SMILES string of the molecule is CN(CCc1c[nH]c2ccccc12)Cc1ccccn1. The number of nitrogens with one attached hydrogen (secondary N) is 1. The Morgan fingerprint density at radius 2 is 1.95 bits per heavy atom. The van der Waals surface area contributed by atoms with Crippen LogP contribution in [0.4, 0.5) is 0 Å². The van der Waals surface area contributed by atoms with Crippen molar-refractivity contribution >= 4 is 10.9 Å². The summed E-state index contributed by atoms with van der Waals surface area (Å²) >= 11 is 0. The van der Waals surface area contributed by atoms with Gasteiger partial charge in [0.2, 0.25) is 0 Å². The number of hydrogen-bond acceptors (Lipinski definition) is 2. The van der Waals surface area contributed by atoms with Gasteiger partial charge >= 0.3 is 0 Å². The van der Waals surface area contributed by atoms with Crippen molar-refractivity contribution < 1.29 is 0 Å². The van der Waals surface area contributed by atoms with Crippen molar-refractivity contribution in [3.63, 3.8) is 0 Å². The lowest BCUT2D eigenvalue weighted by Crippen LogP contribution is -2.21. The zero-order chi connectivity index (χ0) is 13.8. The lowest BCUT2D eigenvalue weighted by molar-refractivity contribution is 0.327. The molecule has 0 unspecified atom stereocenters. The molecule has 1 aromatic carbocycles. The van der Waals surface area contributed by atoms with Crippen LogP contribution in [0.25, 0.3) is 10.9 Å². The van der Waals surface area contributed by atoms with Crippen molar-refractivity contribution in [2.24, 2.45) is 0 Å². The van der Waals surface area contributed by atoms with Crippen LogP contribution in [0.1, 0.15) is 11.3 Å². The summed E-state index contributed by atoms with van der Waals surface area (Å²) in [5, 5.41) is 1.33. The van der Waals surface area contributed by atoms with Crippen LogP contribution in [-0.4, -0.2) is 28.5 Å². The lowest BCUT2D eigenvalue weighted by atomic mass is 10.1. The lowest BCUT2D eigenvalue weighted by Gasteiger charge is -2.15. The predicted octanol–water partition coefficient (Wildman–Crippen LogP) is 3.24. The molecule has 20 heavy (non-hydrogen) atoms. The molecule has 0 aliphatic rings. The Balaban J connectivity index is 1.62. The highest BCUT2D eigenvalue weighted by molar-refractivity contribution is 5.83. The summed E-state index contributed by atoms with van der Waals surface area (Å²) in [6.07, 6.45) is 5.02. The van der Waals surface area contributed by atoms with Crippen LogP contribution >= 0.6 is 0 Å². The predicted molar refractivity (Wildman–Crippen MR) is 82.6 cm³/mol. The molecule has 0 atom stereocenters. The molecule has 0 saturated carbocycles. The van der Waals surface area contributed by atoms with Gasteiger partial charge in [0, 0.05) is 36.4 Å². The Hall–Kier alpha value is -2.13. The van der Waals surface area contributed by atoms with Crippen molar-refractivity contribution in [1.82, 2.24) is 14.9 Å². The number of H-pyrrole nitrogens is 1. The van der Waals surface area contributed by atoms with E-state index in [2.05, 4.69) is 58.4 Å². The quantitative estimate of drug-likeness (QED) is 0.768. The Bertz CT molecular complexity index is 673. The van der Waals surface area contributed by atoms with Crippen LogP contribution in [0, 0.1) is 0 Å². The number of benzene rings is 1. The first kappa shape index (κ1) is 12.9. The van der Waals surface area contributed by atoms with E-state index in [1.54, 1.807) is 0 Å². The Kier molecular flexibility index (Phi) is 3.79. The molecular weight excluding hydrogens is 246 g/mol. The minimum absolute atomic E-state index is 0.892. The van der Waals surface area contributed by atoms with Crippen molar-refractivity contribution in [2.75, 3.05) is 13.6 Å². The van der Waals surface area contributed by atoms with Gasteiger partial charge in [-0.05, 0) is 37.2 Å². The molecule has 2 heterocycles. The highest BCUT2D eigenvalue weighted by Gasteiger charge is 2.05. The number of aromatic nitrogens is 2. The van der Waals surface area contributed by atoms with Crippen LogP contribution in [0.3, 0.4) is 0 Å². The molecular formula is C17H19N3. The molecule has 3 heteroatoms. The van der Waals surface area contributed by atoms with Gasteiger partial charge in [0.05, 0.1) is 5.69 Å². The number of hydrogen-bond donors (Lipinski definition) is 1. The van der Waals surface area contributed by atoms with E-state index in [9.17, 15) is 0 Å². The Labute approximate surface area is 119 Å². The zero-order valence-electron chi connectivity index (χ0n) is 11.7. The fourth-order valence-corrected chi connectivity index (χ4v) is 2.50. The number of likely N-dealkylation sites (N-methyl/N-ethyl adjacent to an activating group) is 1. The third kappa shape index (κ3) is 2.89. The molecule has 0 aliphatic heterocycles. The molecule has 2 aromatic heterocycles. The minimum atomic E-state index is 0.892. The molecule has 3 nitrogen and oxygen atoms in total. The first-order valence-electron chi connectivity index (χ1n) is 6.96. The molecule has 0 spiro atoms. The summed E-state index contributed by atoms with van der Waals surface area (Å²) in [6.45, 7) is 1.92. The summed E-state index contributed by atoms with van der Waals surface area (Å²) in [6, 6.07) is 14.5. The second-order valence-electron chi connectivity index (χ2n) is 5.17. The van der Waals surface area contributed by atoms with Gasteiger partial charge in [0.1, 0.15) is 0 Å².